The SMILES string of the molecule is Cc1c(-c2ccc(-c3ccc(CC(C)(C)C)cc3)cc2)[te]c2c(-c3cc(C(C)(C)C)c4ccccc4c3)nccc12. The number of benzene rings is 4. The Morgan fingerprint density at radius 3 is 1.95 bits per heavy atom. The van der Waals surface area contributed by atoms with E-state index in [1.165, 1.54) is 67.8 Å². The van der Waals surface area contributed by atoms with Gasteiger partial charge in [-0.1, -0.05) is 0 Å². The van der Waals surface area contributed by atoms with Crippen LogP contribution in [0, 0.1) is 12.3 Å². The molecule has 6 aromatic rings. The van der Waals surface area contributed by atoms with E-state index < -0.39 is 20.4 Å². The molecule has 4 aromatic carbocycles. The third kappa shape index (κ3) is 5.66. The Bertz CT molecular complexity index is 1860. The number of fused-ring (bicyclic) bond motifs is 2. The molecule has 0 unspecified atom stereocenters. The number of pyridine rings is 1. The van der Waals surface area contributed by atoms with Crippen LogP contribution in [0.1, 0.15) is 58.2 Å². The topological polar surface area (TPSA) is 12.9 Å². The summed E-state index contributed by atoms with van der Waals surface area (Å²) in [4.78, 5) is 5.00. The number of aromatic nitrogens is 1. The van der Waals surface area contributed by atoms with Gasteiger partial charge in [0.1, 0.15) is 0 Å². The van der Waals surface area contributed by atoms with Crippen LogP contribution in [0.3, 0.4) is 0 Å². The summed E-state index contributed by atoms with van der Waals surface area (Å²) in [7, 11) is 0. The first kappa shape index (κ1) is 28.0. The van der Waals surface area contributed by atoms with Gasteiger partial charge in [0.25, 0.3) is 0 Å². The monoisotopic (exact) mass is 651 g/mol. The zero-order chi connectivity index (χ0) is 28.9. The molecule has 0 aliphatic heterocycles. The van der Waals surface area contributed by atoms with E-state index in [-0.39, 0.29) is 5.41 Å². The first-order valence-corrected chi connectivity index (χ1v) is 16.9. The molecular weight excluding hydrogens is 610 g/mol. The average molecular weight is 649 g/mol. The van der Waals surface area contributed by atoms with Gasteiger partial charge in [0.15, 0.2) is 0 Å². The van der Waals surface area contributed by atoms with Crippen LogP contribution in [0.4, 0.5) is 0 Å². The van der Waals surface area contributed by atoms with Gasteiger partial charge >= 0.3 is 256 Å². The second-order valence-corrected chi connectivity index (χ2v) is 16.5. The van der Waals surface area contributed by atoms with Crippen LogP contribution in [0.25, 0.3) is 51.1 Å². The predicted molar refractivity (Wildman–Crippen MR) is 179 cm³/mol. The van der Waals surface area contributed by atoms with Crippen molar-refractivity contribution < 1.29 is 0 Å². The fourth-order valence-corrected chi connectivity index (χ4v) is 9.70. The third-order valence-corrected chi connectivity index (χ3v) is 11.9. The van der Waals surface area contributed by atoms with Crippen molar-refractivity contribution in [3.8, 4) is 31.5 Å². The summed E-state index contributed by atoms with van der Waals surface area (Å²) in [5.74, 6) is 0. The molecule has 0 spiro atoms. The molecule has 0 bridgehead atoms. The molecule has 6 rings (SSSR count). The summed E-state index contributed by atoms with van der Waals surface area (Å²) in [5, 5.41) is 4.02. The summed E-state index contributed by atoms with van der Waals surface area (Å²) in [6.07, 6.45) is 3.10. The van der Waals surface area contributed by atoms with Crippen molar-refractivity contribution in [1.82, 2.24) is 4.98 Å². The van der Waals surface area contributed by atoms with Crippen molar-refractivity contribution in [1.29, 1.82) is 0 Å². The molecule has 0 N–H and O–H groups in total. The van der Waals surface area contributed by atoms with Gasteiger partial charge in [0, 0.05) is 0 Å². The first-order valence-electron chi connectivity index (χ1n) is 14.6. The molecule has 0 saturated heterocycles. The van der Waals surface area contributed by atoms with Crippen LogP contribution in [0.15, 0.2) is 97.2 Å². The number of nitrogens with zero attached hydrogens (tertiary/aromatic N) is 1. The van der Waals surface area contributed by atoms with Crippen molar-refractivity contribution >= 4 is 40.0 Å². The van der Waals surface area contributed by atoms with E-state index in [9.17, 15) is 0 Å². The molecule has 0 aliphatic carbocycles. The van der Waals surface area contributed by atoms with Crippen LogP contribution >= 0.6 is 0 Å². The number of hydrogen-bond donors (Lipinski definition) is 0. The van der Waals surface area contributed by atoms with Gasteiger partial charge in [-0.25, -0.2) is 0 Å². The van der Waals surface area contributed by atoms with E-state index in [0.717, 1.165) is 6.42 Å². The zero-order valence-electron chi connectivity index (χ0n) is 25.3. The van der Waals surface area contributed by atoms with Crippen molar-refractivity contribution in [3.05, 3.63) is 114 Å². The molecule has 2 heteroatoms. The van der Waals surface area contributed by atoms with Gasteiger partial charge in [0.05, 0.1) is 0 Å². The molecule has 2 aromatic heterocycles. The molecular formula is C39H39NTe. The standard InChI is InChI=1S/C39H39NTe/c1-25-32-20-21-40-35(31-22-30-10-8-9-11-33(30)34(23-31)39(5,6)7)37(32)41-36(25)29-18-16-28(17-19-29)27-14-12-26(13-15-27)24-38(2,3)4/h8-23H,24H2,1-7H3. The molecule has 0 radical (unpaired) electrons. The molecule has 1 nitrogen and oxygen atoms in total. The normalized spacial score (nSPS) is 12.4. The molecule has 0 amide bonds. The van der Waals surface area contributed by atoms with Gasteiger partial charge in [-0.2, -0.15) is 0 Å². The van der Waals surface area contributed by atoms with Crippen LogP contribution in [-0.2, 0) is 11.8 Å². The minimum absolute atomic E-state index is 0.0538. The minimum atomic E-state index is -0.589. The van der Waals surface area contributed by atoms with Crippen molar-refractivity contribution in [3.63, 3.8) is 0 Å². The molecule has 0 atom stereocenters. The molecule has 2 heterocycles. The Kier molecular flexibility index (Phi) is 7.22. The Balaban J connectivity index is 1.38. The van der Waals surface area contributed by atoms with Gasteiger partial charge in [0.2, 0.25) is 0 Å². The summed E-state index contributed by atoms with van der Waals surface area (Å²) in [5.41, 5.74) is 10.9. The Morgan fingerprint density at radius 1 is 0.659 bits per heavy atom. The Morgan fingerprint density at radius 2 is 1.29 bits per heavy atom. The maximum absolute atomic E-state index is 5.00. The van der Waals surface area contributed by atoms with Crippen LogP contribution < -0.4 is 0 Å². The summed E-state index contributed by atoms with van der Waals surface area (Å²) in [6.45, 7) is 16.1. The van der Waals surface area contributed by atoms with Crippen LogP contribution in [0.5, 0.6) is 0 Å². The molecule has 41 heavy (non-hydrogen) atoms. The van der Waals surface area contributed by atoms with Crippen molar-refractivity contribution in [2.45, 2.75) is 60.3 Å². The van der Waals surface area contributed by atoms with Gasteiger partial charge in [-0.15, -0.1) is 0 Å². The van der Waals surface area contributed by atoms with E-state index >= 15 is 0 Å². The average Bonchev–Trinajstić information content (AvgIpc) is 3.28. The first-order chi connectivity index (χ1) is 19.5. The van der Waals surface area contributed by atoms with E-state index in [4.69, 9.17) is 4.98 Å². The van der Waals surface area contributed by atoms with Crippen molar-refractivity contribution in [2.75, 3.05) is 0 Å². The van der Waals surface area contributed by atoms with Gasteiger partial charge in [-0.05, 0) is 0 Å². The summed E-state index contributed by atoms with van der Waals surface area (Å²) >= 11 is -0.589. The van der Waals surface area contributed by atoms with Gasteiger partial charge in [-0.3, -0.25) is 0 Å². The number of rotatable bonds is 4. The predicted octanol–water partition coefficient (Wildman–Crippen LogP) is 10.6. The summed E-state index contributed by atoms with van der Waals surface area (Å²) in [6, 6.07) is 34.1. The second-order valence-electron chi connectivity index (χ2n) is 13.6. The quantitative estimate of drug-likeness (QED) is 0.173. The fraction of sp³-hybridized carbons (Fsp3) is 0.256. The molecule has 0 fully saturated rings. The van der Waals surface area contributed by atoms with E-state index in [1.807, 2.05) is 6.20 Å². The van der Waals surface area contributed by atoms with Crippen molar-refractivity contribution in [2.24, 2.45) is 5.41 Å². The third-order valence-electron chi connectivity index (χ3n) is 7.97. The van der Waals surface area contributed by atoms with E-state index in [1.54, 1.807) is 0 Å². The zero-order valence-corrected chi connectivity index (χ0v) is 27.6. The van der Waals surface area contributed by atoms with Crippen LogP contribution in [0.2, 0.25) is 0 Å². The molecule has 0 saturated carbocycles. The second kappa shape index (κ2) is 10.6. The van der Waals surface area contributed by atoms with Gasteiger partial charge < -0.3 is 0 Å². The fourth-order valence-electron chi connectivity index (χ4n) is 5.94. The maximum atomic E-state index is 5.00. The number of hydrogen-bond acceptors (Lipinski definition) is 1. The van der Waals surface area contributed by atoms with E-state index in [0.29, 0.717) is 5.41 Å². The summed E-state index contributed by atoms with van der Waals surface area (Å²) < 4.78 is 3.00. The molecule has 0 aliphatic rings. The molecule has 206 valence electrons. The Labute approximate surface area is 254 Å². The number of aryl methyl sites for hydroxylation is 1. The Hall–Kier alpha value is -3.18. The van der Waals surface area contributed by atoms with Crippen LogP contribution in [-0.4, -0.2) is 25.4 Å². The van der Waals surface area contributed by atoms with E-state index in [2.05, 4.69) is 139 Å².